The molecule has 6 heterocycles. The van der Waals surface area contributed by atoms with Gasteiger partial charge in [0, 0.05) is 93.3 Å². The molecule has 0 saturated carbocycles. The Balaban J connectivity index is 0.000000168. The number of rotatable bonds is 13. The molecule has 0 aliphatic rings. The zero-order valence-electron chi connectivity index (χ0n) is 58.0. The highest BCUT2D eigenvalue weighted by atomic mass is 16.3. The van der Waals surface area contributed by atoms with E-state index in [0.29, 0.717) is 11.3 Å². The Bertz CT molecular complexity index is 5810. The summed E-state index contributed by atoms with van der Waals surface area (Å²) in [5.41, 5.74) is 21.5. The van der Waals surface area contributed by atoms with Crippen molar-refractivity contribution in [3.05, 3.63) is 372 Å². The highest BCUT2D eigenvalue weighted by Gasteiger charge is 2.40. The topological polar surface area (TPSA) is 178 Å². The first-order valence-corrected chi connectivity index (χ1v) is 33.3. The lowest BCUT2D eigenvalue weighted by Crippen LogP contribution is -2.43. The van der Waals surface area contributed by atoms with Gasteiger partial charge in [-0.25, -0.2) is 15.0 Å². The molecule has 106 heavy (non-hydrogen) atoms. The molecule has 0 unspecified atom stereocenters. The van der Waals surface area contributed by atoms with Crippen molar-refractivity contribution in [2.45, 2.75) is 39.0 Å². The monoisotopic (exact) mass is 1400 g/mol. The molecule has 15 aromatic rings. The molecule has 0 aliphatic carbocycles. The lowest BCUT2D eigenvalue weighted by Gasteiger charge is -2.35. The van der Waals surface area contributed by atoms with Crippen LogP contribution in [0.15, 0.2) is 289 Å². The van der Waals surface area contributed by atoms with E-state index in [2.05, 4.69) is 68.4 Å². The first-order valence-electron chi connectivity index (χ1n) is 33.3. The van der Waals surface area contributed by atoms with Gasteiger partial charge in [-0.05, 0) is 147 Å². The summed E-state index contributed by atoms with van der Waals surface area (Å²) in [5.74, 6) is 8.04. The van der Waals surface area contributed by atoms with Gasteiger partial charge >= 0.3 is 0 Å². The number of nitrogens with one attached hydrogen (secondary N) is 1. The quantitative estimate of drug-likeness (QED) is 0.0948. The van der Waals surface area contributed by atoms with Crippen molar-refractivity contribution in [2.75, 3.05) is 7.05 Å². The number of terminal acetylenes is 3. The molecule has 15 nitrogen and oxygen atoms in total. The van der Waals surface area contributed by atoms with E-state index in [0.717, 1.165) is 122 Å². The summed E-state index contributed by atoms with van der Waals surface area (Å²) in [7, 11) is 13.1. The van der Waals surface area contributed by atoms with Crippen LogP contribution in [0.5, 0.6) is 0 Å². The maximum atomic E-state index is 12.9. The number of nitrogens with two attached hydrogens (primary N) is 1. The van der Waals surface area contributed by atoms with Crippen LogP contribution in [0.4, 0.5) is 0 Å². The second-order valence-corrected chi connectivity index (χ2v) is 25.5. The molecule has 15 rings (SSSR count). The number of benzene rings is 9. The molecule has 9 aromatic carbocycles. The minimum Gasteiger partial charge on any atom is -0.374 e. The summed E-state index contributed by atoms with van der Waals surface area (Å²) in [4.78, 5) is 51.4. The third kappa shape index (κ3) is 13.5. The lowest BCUT2D eigenvalue weighted by molar-refractivity contribution is 0.117. The van der Waals surface area contributed by atoms with E-state index in [4.69, 9.17) is 25.0 Å². The van der Waals surface area contributed by atoms with Crippen LogP contribution in [0.3, 0.4) is 0 Å². The Hall–Kier alpha value is -13.2. The van der Waals surface area contributed by atoms with Crippen molar-refractivity contribution in [3.8, 4) is 70.4 Å². The molecule has 3 atom stereocenters. The van der Waals surface area contributed by atoms with Crippen molar-refractivity contribution in [1.82, 2.24) is 47.7 Å². The van der Waals surface area contributed by atoms with E-state index in [9.17, 15) is 19.5 Å². The molecule has 4 N–H and O–H groups in total. The number of pyridine rings is 3. The third-order valence-corrected chi connectivity index (χ3v) is 19.7. The SMILES string of the molecule is C.C.C.C#Cc1cccc(-c2cc(=O)n(C)c3ccc([C@](N)(c4ccccc4)c4cncn4C)cc23)c1.C#Cc1cccc(-c2cc(=O)n(C)c3ccc([C@](NC)(c4ccccc4)c4cncn4C)cc23)c1.C#Cc1cccc(-c2cc(=O)n(C)c3ccc([C@](O)(c4ccccc4)c4cncn4C)cc23)c1. The summed E-state index contributed by atoms with van der Waals surface area (Å²) in [6, 6.07) is 75.8. The van der Waals surface area contributed by atoms with Crippen molar-refractivity contribution < 1.29 is 5.11 Å². The summed E-state index contributed by atoms with van der Waals surface area (Å²) in [6.07, 6.45) is 27.5. The molecule has 0 saturated heterocycles. The fourth-order valence-corrected chi connectivity index (χ4v) is 14.2. The van der Waals surface area contributed by atoms with Gasteiger partial charge in [0.25, 0.3) is 16.7 Å². The number of aryl methyl sites for hydroxylation is 6. The average Bonchev–Trinajstić information content (AvgIpc) is 0.979. The number of aliphatic hydroxyl groups is 1. The molecule has 0 aliphatic heterocycles. The Morgan fingerprint density at radius 3 is 1.09 bits per heavy atom. The highest BCUT2D eigenvalue weighted by Crippen LogP contribution is 2.43. The maximum Gasteiger partial charge on any atom is 0.251 e. The van der Waals surface area contributed by atoms with Crippen LogP contribution in [-0.4, -0.2) is 54.5 Å². The second kappa shape index (κ2) is 31.2. The summed E-state index contributed by atoms with van der Waals surface area (Å²) < 4.78 is 10.7. The van der Waals surface area contributed by atoms with E-state index >= 15 is 0 Å². The number of nitrogens with zero attached hydrogens (tertiary/aromatic N) is 9. The van der Waals surface area contributed by atoms with Crippen LogP contribution >= 0.6 is 0 Å². The molecule has 15 heteroatoms. The van der Waals surface area contributed by atoms with Gasteiger partial charge in [-0.2, -0.15) is 0 Å². The van der Waals surface area contributed by atoms with Crippen LogP contribution in [0.25, 0.3) is 66.1 Å². The van der Waals surface area contributed by atoms with Crippen LogP contribution in [0.2, 0.25) is 0 Å². The molecule has 0 bridgehead atoms. The number of hydrogen-bond donors (Lipinski definition) is 3. The predicted molar refractivity (Wildman–Crippen MR) is 432 cm³/mol. The molecular weight excluding hydrogens is 1310 g/mol. The minimum atomic E-state index is -1.45. The Kier molecular flexibility index (Phi) is 22.2. The van der Waals surface area contributed by atoms with Crippen molar-refractivity contribution in [3.63, 3.8) is 0 Å². The van der Waals surface area contributed by atoms with Gasteiger partial charge in [0.15, 0.2) is 5.60 Å². The van der Waals surface area contributed by atoms with E-state index in [1.807, 2.05) is 242 Å². The van der Waals surface area contributed by atoms with Gasteiger partial charge in [0.2, 0.25) is 0 Å². The molecule has 0 radical (unpaired) electrons. The maximum absolute atomic E-state index is 12.9. The molecular formula is C91H85N11O4. The Labute approximate surface area is 618 Å². The van der Waals surface area contributed by atoms with Crippen LogP contribution in [-0.2, 0) is 59.0 Å². The van der Waals surface area contributed by atoms with Crippen LogP contribution < -0.4 is 27.7 Å². The molecule has 528 valence electrons. The number of aromatic nitrogens is 9. The number of imidazole rings is 3. The first kappa shape index (κ1) is 75.5. The lowest BCUT2D eigenvalue weighted by atomic mass is 9.79. The predicted octanol–water partition coefficient (Wildman–Crippen LogP) is 14.7. The molecule has 0 fully saturated rings. The standard InChI is InChI=1S/C30H26N4O.C29H24N4O.C29H23N3O2.3CH4/c1-5-21-10-9-11-22(16-21)25-18-29(35)34(4)27-15-14-24(17-26(25)27)30(31-2,23-12-7-6-8-13-23)28-19-32-20-33(28)3;1-4-20-9-8-10-21(15-20)24-17-28(34)33(3)26-14-13-23(16-25(24)26)29(30,22-11-6-5-7-12-22)27-18-31-19-32(27)2;1-4-20-9-8-10-21(15-20)24-17-28(33)32(3)26-14-13-23(16-25(24)26)29(34,22-11-6-5-7-12-22)27-18-30-19-31(27)2;;;/h1,6-20,31H,2-4H3;1,5-19H,30H2,2-3H3;1,5-19,34H,2-3H3;3*1H4/t30-;2*29-;;;/m111.../s1. The van der Waals surface area contributed by atoms with Crippen molar-refractivity contribution in [1.29, 1.82) is 0 Å². The third-order valence-electron chi connectivity index (χ3n) is 19.7. The zero-order chi connectivity index (χ0) is 72.3. The van der Waals surface area contributed by atoms with Gasteiger partial charge in [-0.15, -0.1) is 19.3 Å². The highest BCUT2D eigenvalue weighted by molar-refractivity contribution is 5.98. The smallest absolute Gasteiger partial charge is 0.251 e. The number of fused-ring (bicyclic) bond motifs is 3. The largest absolute Gasteiger partial charge is 0.374 e. The van der Waals surface area contributed by atoms with Gasteiger partial charge in [0.1, 0.15) is 11.1 Å². The van der Waals surface area contributed by atoms with E-state index in [-0.39, 0.29) is 39.0 Å². The second-order valence-electron chi connectivity index (χ2n) is 25.5. The normalized spacial score (nSPS) is 12.5. The fraction of sp³-hybridized carbons (Fsp3) is 0.143. The van der Waals surface area contributed by atoms with Crippen LogP contribution in [0.1, 0.15) is 89.4 Å². The Morgan fingerprint density at radius 2 is 0.717 bits per heavy atom. The molecule has 0 amide bonds. The van der Waals surface area contributed by atoms with Crippen molar-refractivity contribution >= 4 is 32.7 Å². The summed E-state index contributed by atoms with van der Waals surface area (Å²) >= 11 is 0. The van der Waals surface area contributed by atoms with E-state index in [1.54, 1.807) is 78.1 Å². The fourth-order valence-electron chi connectivity index (χ4n) is 14.2. The van der Waals surface area contributed by atoms with Crippen LogP contribution in [0, 0.1) is 37.0 Å². The summed E-state index contributed by atoms with van der Waals surface area (Å²) in [6.45, 7) is 0. The summed E-state index contributed by atoms with van der Waals surface area (Å²) in [5, 5.41) is 18.6. The molecule has 0 spiro atoms. The van der Waals surface area contributed by atoms with Crippen molar-refractivity contribution in [2.24, 2.45) is 48.0 Å². The number of hydrogen-bond acceptors (Lipinski definition) is 9. The van der Waals surface area contributed by atoms with Gasteiger partial charge < -0.3 is 43.6 Å². The zero-order valence-corrected chi connectivity index (χ0v) is 58.0. The van der Waals surface area contributed by atoms with E-state index < -0.39 is 16.7 Å². The van der Waals surface area contributed by atoms with Gasteiger partial charge in [-0.1, -0.05) is 186 Å². The van der Waals surface area contributed by atoms with E-state index in [1.165, 1.54) is 0 Å². The molecule has 6 aromatic heterocycles. The Morgan fingerprint density at radius 1 is 0.377 bits per heavy atom. The first-order chi connectivity index (χ1) is 49.8. The van der Waals surface area contributed by atoms with Gasteiger partial charge in [0.05, 0.1) is 71.2 Å². The minimum absolute atomic E-state index is 0. The average molecular weight is 1400 g/mol. The van der Waals surface area contributed by atoms with Gasteiger partial charge in [-0.3, -0.25) is 14.4 Å².